The van der Waals surface area contributed by atoms with E-state index in [2.05, 4.69) is 4.98 Å². The fraction of sp³-hybridized carbons (Fsp3) is 0.318. The van der Waals surface area contributed by atoms with Gasteiger partial charge in [0.15, 0.2) is 18.1 Å². The Balaban J connectivity index is 1.30. The van der Waals surface area contributed by atoms with E-state index in [9.17, 15) is 9.59 Å². The second-order valence-electron chi connectivity index (χ2n) is 7.07. The topological polar surface area (TPSA) is 72.6 Å². The van der Waals surface area contributed by atoms with Crippen molar-refractivity contribution < 1.29 is 18.7 Å². The lowest BCUT2D eigenvalue weighted by molar-refractivity contribution is -0.135. The zero-order chi connectivity index (χ0) is 19.5. The van der Waals surface area contributed by atoms with Crippen molar-refractivity contribution in [3.05, 3.63) is 65.5 Å². The molecule has 1 saturated heterocycles. The molecule has 2 aromatic carbocycles. The van der Waals surface area contributed by atoms with E-state index in [-0.39, 0.29) is 18.4 Å². The first-order valence-corrected chi connectivity index (χ1v) is 9.48. The lowest BCUT2D eigenvalue weighted by atomic mass is 9.97. The number of aromatic nitrogens is 1. The summed E-state index contributed by atoms with van der Waals surface area (Å²) in [5, 5.41) is 0. The van der Waals surface area contributed by atoms with Crippen molar-refractivity contribution in [1.82, 2.24) is 9.88 Å². The molecule has 6 nitrogen and oxygen atoms in total. The minimum atomic E-state index is -0.465. The smallest absolute Gasteiger partial charge is 0.338 e. The highest BCUT2D eigenvalue weighted by atomic mass is 16.5. The molecule has 0 bridgehead atoms. The molecule has 1 aromatic heterocycles. The molecule has 0 atom stereocenters. The summed E-state index contributed by atoms with van der Waals surface area (Å²) in [7, 11) is 0. The summed E-state index contributed by atoms with van der Waals surface area (Å²) in [6.07, 6.45) is 1.56. The Hall–Kier alpha value is -3.15. The highest BCUT2D eigenvalue weighted by Gasteiger charge is 2.27. The van der Waals surface area contributed by atoms with Crippen molar-refractivity contribution in [3.63, 3.8) is 0 Å². The van der Waals surface area contributed by atoms with Gasteiger partial charge in [-0.05, 0) is 43.5 Å². The number of carbonyl (C=O) groups is 2. The Morgan fingerprint density at radius 1 is 1.11 bits per heavy atom. The number of amides is 1. The number of para-hydroxylation sites is 2. The van der Waals surface area contributed by atoms with Crippen molar-refractivity contribution in [3.8, 4) is 0 Å². The van der Waals surface area contributed by atoms with E-state index in [0.717, 1.165) is 35.4 Å². The summed E-state index contributed by atoms with van der Waals surface area (Å²) in [5.41, 5.74) is 2.97. The van der Waals surface area contributed by atoms with Crippen LogP contribution in [-0.2, 0) is 9.53 Å². The molecule has 0 radical (unpaired) electrons. The molecule has 1 aliphatic rings. The highest BCUT2D eigenvalue weighted by molar-refractivity contribution is 5.92. The van der Waals surface area contributed by atoms with Crippen LogP contribution < -0.4 is 0 Å². The molecule has 1 aliphatic heterocycles. The van der Waals surface area contributed by atoms with Gasteiger partial charge in [0, 0.05) is 19.0 Å². The van der Waals surface area contributed by atoms with Gasteiger partial charge in [-0.3, -0.25) is 4.79 Å². The molecule has 0 aliphatic carbocycles. The third-order valence-electron chi connectivity index (χ3n) is 5.20. The van der Waals surface area contributed by atoms with E-state index < -0.39 is 5.97 Å². The second-order valence-corrected chi connectivity index (χ2v) is 7.07. The zero-order valence-electron chi connectivity index (χ0n) is 15.8. The van der Waals surface area contributed by atoms with Gasteiger partial charge in [0.2, 0.25) is 0 Å². The van der Waals surface area contributed by atoms with Crippen LogP contribution in [0.3, 0.4) is 0 Å². The SMILES string of the molecule is Cc1ccccc1C(=O)OCC(=O)N1CCC(c2nc3ccccc3o2)CC1. The predicted octanol–water partition coefficient (Wildman–Crippen LogP) is 3.70. The number of piperidine rings is 1. The number of hydrogen-bond donors (Lipinski definition) is 0. The minimum absolute atomic E-state index is 0.169. The lowest BCUT2D eigenvalue weighted by Crippen LogP contribution is -2.40. The van der Waals surface area contributed by atoms with Crippen molar-refractivity contribution in [2.75, 3.05) is 19.7 Å². The van der Waals surface area contributed by atoms with E-state index in [1.807, 2.05) is 43.3 Å². The monoisotopic (exact) mass is 378 g/mol. The lowest BCUT2D eigenvalue weighted by Gasteiger charge is -2.30. The zero-order valence-corrected chi connectivity index (χ0v) is 15.8. The Morgan fingerprint density at radius 3 is 2.57 bits per heavy atom. The van der Waals surface area contributed by atoms with Crippen molar-refractivity contribution in [1.29, 1.82) is 0 Å². The average molecular weight is 378 g/mol. The van der Waals surface area contributed by atoms with Crippen LogP contribution in [0.1, 0.15) is 40.6 Å². The maximum Gasteiger partial charge on any atom is 0.338 e. The standard InChI is InChI=1S/C22H22N2O4/c1-15-6-2-3-7-17(15)22(26)27-14-20(25)24-12-10-16(11-13-24)21-23-18-8-4-5-9-19(18)28-21/h2-9,16H,10-14H2,1H3. The van der Waals surface area contributed by atoms with E-state index in [0.29, 0.717) is 18.7 Å². The van der Waals surface area contributed by atoms with Crippen molar-refractivity contribution in [2.24, 2.45) is 0 Å². The Morgan fingerprint density at radius 2 is 1.82 bits per heavy atom. The summed E-state index contributed by atoms with van der Waals surface area (Å²) in [4.78, 5) is 30.9. The number of nitrogens with zero attached hydrogens (tertiary/aromatic N) is 2. The molecule has 3 aromatic rings. The van der Waals surface area contributed by atoms with Gasteiger partial charge in [-0.15, -0.1) is 0 Å². The summed E-state index contributed by atoms with van der Waals surface area (Å²) in [6, 6.07) is 14.9. The number of benzene rings is 2. The first kappa shape index (κ1) is 18.2. The molecule has 2 heterocycles. The molecule has 0 unspecified atom stereocenters. The van der Waals surface area contributed by atoms with Gasteiger partial charge in [0.05, 0.1) is 5.56 Å². The van der Waals surface area contributed by atoms with E-state index in [1.54, 1.807) is 17.0 Å². The van der Waals surface area contributed by atoms with Crippen molar-refractivity contribution >= 4 is 23.0 Å². The Kier molecular flexibility index (Phi) is 5.10. The number of oxazole rings is 1. The van der Waals surface area contributed by atoms with Crippen LogP contribution in [0, 0.1) is 6.92 Å². The molecule has 4 rings (SSSR count). The fourth-order valence-corrected chi connectivity index (χ4v) is 3.54. The molecule has 28 heavy (non-hydrogen) atoms. The fourth-order valence-electron chi connectivity index (χ4n) is 3.54. The number of esters is 1. The number of ether oxygens (including phenoxy) is 1. The molecule has 0 N–H and O–H groups in total. The third-order valence-corrected chi connectivity index (χ3v) is 5.20. The average Bonchev–Trinajstić information content (AvgIpc) is 3.16. The predicted molar refractivity (Wildman–Crippen MR) is 104 cm³/mol. The van der Waals surface area contributed by atoms with Crippen LogP contribution in [-0.4, -0.2) is 41.5 Å². The molecule has 1 amide bonds. The Bertz CT molecular complexity index is 969. The summed E-state index contributed by atoms with van der Waals surface area (Å²) in [6.45, 7) is 2.81. The van der Waals surface area contributed by atoms with E-state index in [1.165, 1.54) is 0 Å². The van der Waals surface area contributed by atoms with Crippen LogP contribution in [0.2, 0.25) is 0 Å². The van der Waals surface area contributed by atoms with Crippen LogP contribution in [0.25, 0.3) is 11.1 Å². The molecule has 144 valence electrons. The summed E-state index contributed by atoms with van der Waals surface area (Å²) >= 11 is 0. The molecule has 0 spiro atoms. The summed E-state index contributed by atoms with van der Waals surface area (Å²) < 4.78 is 11.1. The number of fused-ring (bicyclic) bond motifs is 1. The number of carbonyl (C=O) groups excluding carboxylic acids is 2. The van der Waals surface area contributed by atoms with E-state index >= 15 is 0 Å². The maximum atomic E-state index is 12.4. The van der Waals surface area contributed by atoms with Gasteiger partial charge in [0.1, 0.15) is 5.52 Å². The van der Waals surface area contributed by atoms with Crippen LogP contribution in [0.5, 0.6) is 0 Å². The molecule has 0 saturated carbocycles. The molecule has 1 fully saturated rings. The number of likely N-dealkylation sites (tertiary alicyclic amines) is 1. The van der Waals surface area contributed by atoms with Crippen LogP contribution >= 0.6 is 0 Å². The number of aryl methyl sites for hydroxylation is 1. The third kappa shape index (κ3) is 3.76. The highest BCUT2D eigenvalue weighted by Crippen LogP contribution is 2.29. The van der Waals surface area contributed by atoms with Gasteiger partial charge < -0.3 is 14.1 Å². The molecular formula is C22H22N2O4. The number of rotatable bonds is 4. The minimum Gasteiger partial charge on any atom is -0.452 e. The second kappa shape index (κ2) is 7.84. The number of hydrogen-bond acceptors (Lipinski definition) is 5. The molecular weight excluding hydrogens is 356 g/mol. The van der Waals surface area contributed by atoms with Crippen LogP contribution in [0.15, 0.2) is 52.9 Å². The quantitative estimate of drug-likeness (QED) is 0.647. The Labute approximate surface area is 163 Å². The largest absolute Gasteiger partial charge is 0.452 e. The van der Waals surface area contributed by atoms with Gasteiger partial charge in [-0.2, -0.15) is 0 Å². The van der Waals surface area contributed by atoms with Gasteiger partial charge in [-0.25, -0.2) is 9.78 Å². The first-order valence-electron chi connectivity index (χ1n) is 9.48. The molecule has 6 heteroatoms. The van der Waals surface area contributed by atoms with Gasteiger partial charge in [-0.1, -0.05) is 30.3 Å². The maximum absolute atomic E-state index is 12.4. The first-order chi connectivity index (χ1) is 13.6. The van der Waals surface area contributed by atoms with Gasteiger partial charge >= 0.3 is 5.97 Å². The van der Waals surface area contributed by atoms with Gasteiger partial charge in [0.25, 0.3) is 5.91 Å². The van der Waals surface area contributed by atoms with Crippen LogP contribution in [0.4, 0.5) is 0 Å². The van der Waals surface area contributed by atoms with Crippen molar-refractivity contribution in [2.45, 2.75) is 25.7 Å². The summed E-state index contributed by atoms with van der Waals surface area (Å²) in [5.74, 6) is 0.302. The normalized spacial score (nSPS) is 15.0. The van der Waals surface area contributed by atoms with E-state index in [4.69, 9.17) is 9.15 Å².